The highest BCUT2D eigenvalue weighted by atomic mass is 35.5. The highest BCUT2D eigenvalue weighted by molar-refractivity contribution is 6.30. The number of aliphatic hydroxyl groups excluding tert-OH is 1. The molecule has 1 fully saturated rings. The Morgan fingerprint density at radius 1 is 1.46 bits per heavy atom. The molecule has 1 aromatic carbocycles. The molecule has 24 heavy (non-hydrogen) atoms. The number of benzene rings is 1. The van der Waals surface area contributed by atoms with Gasteiger partial charge in [0.15, 0.2) is 0 Å². The minimum absolute atomic E-state index is 0.0599. The van der Waals surface area contributed by atoms with Crippen LogP contribution in [0.1, 0.15) is 41.9 Å². The number of aryl methyl sites for hydroxylation is 1. The molecule has 1 saturated carbocycles. The van der Waals surface area contributed by atoms with Gasteiger partial charge in [0.1, 0.15) is 11.5 Å². The number of aliphatic hydroxyl groups is 1. The molecule has 1 aliphatic carbocycles. The van der Waals surface area contributed by atoms with Crippen LogP contribution >= 0.6 is 11.6 Å². The van der Waals surface area contributed by atoms with Gasteiger partial charge in [-0.05, 0) is 43.7 Å². The van der Waals surface area contributed by atoms with Crippen molar-refractivity contribution in [3.8, 4) is 11.4 Å². The van der Waals surface area contributed by atoms with E-state index in [1.54, 1.807) is 6.07 Å². The zero-order valence-corrected chi connectivity index (χ0v) is 14.5. The highest BCUT2D eigenvalue weighted by Crippen LogP contribution is 2.43. The van der Waals surface area contributed by atoms with Crippen LogP contribution in [-0.2, 0) is 0 Å². The molecule has 0 bridgehead atoms. The summed E-state index contributed by atoms with van der Waals surface area (Å²) in [4.78, 5) is 20.1. The van der Waals surface area contributed by atoms with Gasteiger partial charge in [-0.2, -0.15) is 0 Å². The molecule has 128 valence electrons. The Balaban J connectivity index is 1.71. The van der Waals surface area contributed by atoms with E-state index < -0.39 is 0 Å². The van der Waals surface area contributed by atoms with Gasteiger partial charge >= 0.3 is 0 Å². The number of imidazole rings is 1. The number of rotatable bonds is 6. The fourth-order valence-corrected chi connectivity index (χ4v) is 3.42. The Labute approximate surface area is 146 Å². The fraction of sp³-hybridized carbons (Fsp3) is 0.444. The number of amides is 1. The van der Waals surface area contributed by atoms with Crippen molar-refractivity contribution in [3.05, 3.63) is 40.7 Å². The van der Waals surface area contributed by atoms with Gasteiger partial charge in [0, 0.05) is 29.4 Å². The van der Waals surface area contributed by atoms with E-state index in [-0.39, 0.29) is 17.9 Å². The van der Waals surface area contributed by atoms with Crippen LogP contribution in [0.2, 0.25) is 5.02 Å². The van der Waals surface area contributed by atoms with Gasteiger partial charge in [-0.3, -0.25) is 4.79 Å². The monoisotopic (exact) mass is 347 g/mol. The first kappa shape index (κ1) is 17.0. The molecule has 0 spiro atoms. The van der Waals surface area contributed by atoms with Crippen LogP contribution in [0.5, 0.6) is 0 Å². The number of hydrogen-bond donors (Lipinski definition) is 3. The maximum Gasteiger partial charge on any atom is 0.271 e. The molecular formula is C18H22ClN3O2. The van der Waals surface area contributed by atoms with E-state index in [2.05, 4.69) is 15.3 Å². The molecule has 1 aliphatic rings. The molecule has 0 unspecified atom stereocenters. The van der Waals surface area contributed by atoms with Gasteiger partial charge < -0.3 is 15.4 Å². The lowest BCUT2D eigenvalue weighted by Gasteiger charge is -2.41. The first-order valence-corrected chi connectivity index (χ1v) is 8.62. The third kappa shape index (κ3) is 3.47. The van der Waals surface area contributed by atoms with E-state index in [1.165, 1.54) is 0 Å². The van der Waals surface area contributed by atoms with Gasteiger partial charge in [0.05, 0.1) is 0 Å². The highest BCUT2D eigenvalue weighted by Gasteiger charge is 2.36. The van der Waals surface area contributed by atoms with Crippen LogP contribution in [0, 0.1) is 12.3 Å². The van der Waals surface area contributed by atoms with Crippen LogP contribution in [0.15, 0.2) is 24.3 Å². The lowest BCUT2D eigenvalue weighted by atomic mass is 9.67. The topological polar surface area (TPSA) is 78.0 Å². The van der Waals surface area contributed by atoms with Crippen molar-refractivity contribution < 1.29 is 9.90 Å². The zero-order valence-electron chi connectivity index (χ0n) is 13.7. The van der Waals surface area contributed by atoms with Crippen molar-refractivity contribution in [2.24, 2.45) is 5.41 Å². The minimum atomic E-state index is -0.179. The summed E-state index contributed by atoms with van der Waals surface area (Å²) in [5.74, 6) is 0.454. The Bertz CT molecular complexity index is 738. The van der Waals surface area contributed by atoms with Crippen LogP contribution in [0.25, 0.3) is 11.4 Å². The van der Waals surface area contributed by atoms with Crippen molar-refractivity contribution in [1.29, 1.82) is 0 Å². The minimum Gasteiger partial charge on any atom is -0.396 e. The Morgan fingerprint density at radius 3 is 2.88 bits per heavy atom. The number of carbonyl (C=O) groups excluding carboxylic acids is 1. The van der Waals surface area contributed by atoms with E-state index in [9.17, 15) is 9.90 Å². The molecule has 0 aliphatic heterocycles. The molecule has 1 amide bonds. The van der Waals surface area contributed by atoms with E-state index in [0.717, 1.165) is 36.9 Å². The second-order valence-electron chi connectivity index (χ2n) is 6.58. The predicted molar refractivity (Wildman–Crippen MR) is 94.1 cm³/mol. The normalized spacial score (nSPS) is 15.8. The van der Waals surface area contributed by atoms with E-state index in [0.29, 0.717) is 23.1 Å². The second-order valence-corrected chi connectivity index (χ2v) is 7.02. The van der Waals surface area contributed by atoms with Crippen LogP contribution in [0.4, 0.5) is 0 Å². The zero-order chi connectivity index (χ0) is 17.2. The van der Waals surface area contributed by atoms with Gasteiger partial charge in [0.25, 0.3) is 5.91 Å². The third-order valence-electron chi connectivity index (χ3n) is 4.88. The standard InChI is InChI=1S/C18H22ClN3O2/c1-12-15(17(24)20-11-18(8-9-23)6-3-7-18)22-16(21-12)13-4-2-5-14(19)10-13/h2,4-5,10,23H,3,6-9,11H2,1H3,(H,20,24)(H,21,22). The summed E-state index contributed by atoms with van der Waals surface area (Å²) in [7, 11) is 0. The van der Waals surface area contributed by atoms with Crippen molar-refractivity contribution in [2.45, 2.75) is 32.6 Å². The maximum absolute atomic E-state index is 12.5. The smallest absolute Gasteiger partial charge is 0.271 e. The third-order valence-corrected chi connectivity index (χ3v) is 5.11. The van der Waals surface area contributed by atoms with Gasteiger partial charge in [-0.1, -0.05) is 30.2 Å². The SMILES string of the molecule is Cc1[nH]c(-c2cccc(Cl)c2)nc1C(=O)NCC1(CCO)CCC1. The molecule has 0 radical (unpaired) electrons. The molecule has 5 nitrogen and oxygen atoms in total. The summed E-state index contributed by atoms with van der Waals surface area (Å²) >= 11 is 6.01. The average molecular weight is 348 g/mol. The first-order chi connectivity index (χ1) is 11.5. The molecule has 3 rings (SSSR count). The number of aromatic amines is 1. The first-order valence-electron chi connectivity index (χ1n) is 8.25. The fourth-order valence-electron chi connectivity index (χ4n) is 3.23. The van der Waals surface area contributed by atoms with Gasteiger partial charge in [-0.25, -0.2) is 4.98 Å². The van der Waals surface area contributed by atoms with Gasteiger partial charge in [-0.15, -0.1) is 0 Å². The number of halogens is 1. The van der Waals surface area contributed by atoms with E-state index >= 15 is 0 Å². The number of carbonyl (C=O) groups is 1. The summed E-state index contributed by atoms with van der Waals surface area (Å²) in [6.07, 6.45) is 4.01. The largest absolute Gasteiger partial charge is 0.396 e. The second kappa shape index (κ2) is 6.95. The molecule has 1 heterocycles. The summed E-state index contributed by atoms with van der Waals surface area (Å²) < 4.78 is 0. The number of H-pyrrole nitrogens is 1. The summed E-state index contributed by atoms with van der Waals surface area (Å²) in [6.45, 7) is 2.59. The van der Waals surface area contributed by atoms with Crippen LogP contribution < -0.4 is 5.32 Å². The van der Waals surface area contributed by atoms with Crippen molar-refractivity contribution in [1.82, 2.24) is 15.3 Å². The van der Waals surface area contributed by atoms with Crippen LogP contribution in [0.3, 0.4) is 0 Å². The maximum atomic E-state index is 12.5. The summed E-state index contributed by atoms with van der Waals surface area (Å²) in [5.41, 5.74) is 2.04. The van der Waals surface area contributed by atoms with E-state index in [4.69, 9.17) is 11.6 Å². The lowest BCUT2D eigenvalue weighted by molar-refractivity contribution is 0.0729. The molecule has 6 heteroatoms. The summed E-state index contributed by atoms with van der Waals surface area (Å²) in [6, 6.07) is 7.36. The number of nitrogens with one attached hydrogen (secondary N) is 2. The quantitative estimate of drug-likeness (QED) is 0.750. The lowest BCUT2D eigenvalue weighted by Crippen LogP contribution is -2.43. The van der Waals surface area contributed by atoms with Crippen molar-refractivity contribution in [2.75, 3.05) is 13.2 Å². The van der Waals surface area contributed by atoms with E-state index in [1.807, 2.05) is 25.1 Å². The molecule has 0 atom stereocenters. The molecule has 0 saturated heterocycles. The predicted octanol–water partition coefficient (Wildman–Crippen LogP) is 3.32. The summed E-state index contributed by atoms with van der Waals surface area (Å²) in [5, 5.41) is 12.8. The Morgan fingerprint density at radius 2 is 2.25 bits per heavy atom. The van der Waals surface area contributed by atoms with Crippen LogP contribution in [-0.4, -0.2) is 34.1 Å². The molecule has 2 aromatic rings. The van der Waals surface area contributed by atoms with Crippen molar-refractivity contribution in [3.63, 3.8) is 0 Å². The Hall–Kier alpha value is -1.85. The molecular weight excluding hydrogens is 326 g/mol. The average Bonchev–Trinajstić information content (AvgIpc) is 2.91. The van der Waals surface area contributed by atoms with Gasteiger partial charge in [0.2, 0.25) is 0 Å². The molecule has 3 N–H and O–H groups in total. The molecule has 1 aromatic heterocycles. The number of hydrogen-bond acceptors (Lipinski definition) is 3. The number of nitrogens with zero attached hydrogens (tertiary/aromatic N) is 1. The Kier molecular flexibility index (Phi) is 4.92. The number of aromatic nitrogens is 2. The van der Waals surface area contributed by atoms with Crippen molar-refractivity contribution >= 4 is 17.5 Å².